The van der Waals surface area contributed by atoms with E-state index < -0.39 is 0 Å². The van der Waals surface area contributed by atoms with Crippen LogP contribution in [0.1, 0.15) is 12.0 Å². The molecule has 138 valence electrons. The van der Waals surface area contributed by atoms with Crippen LogP contribution in [0.3, 0.4) is 0 Å². The molecule has 0 radical (unpaired) electrons. The van der Waals surface area contributed by atoms with Crippen LogP contribution in [0.25, 0.3) is 11.4 Å². The Bertz CT molecular complexity index is 984. The molecule has 0 unspecified atom stereocenters. The molecule has 0 bridgehead atoms. The summed E-state index contributed by atoms with van der Waals surface area (Å²) in [5.74, 6) is 1.12. The highest BCUT2D eigenvalue weighted by atomic mass is 32.2. The van der Waals surface area contributed by atoms with Crippen molar-refractivity contribution in [2.24, 2.45) is 7.05 Å². The van der Waals surface area contributed by atoms with Crippen molar-refractivity contribution < 1.29 is 4.79 Å². The molecule has 27 heavy (non-hydrogen) atoms. The van der Waals surface area contributed by atoms with Crippen LogP contribution in [0.4, 0.5) is 11.4 Å². The monoisotopic (exact) mass is 379 g/mol. The second-order valence-electron chi connectivity index (χ2n) is 6.52. The average Bonchev–Trinajstić information content (AvgIpc) is 3.06. The zero-order valence-electron chi connectivity index (χ0n) is 15.1. The summed E-state index contributed by atoms with van der Waals surface area (Å²) in [5, 5.41) is 9.21. The lowest BCUT2D eigenvalue weighted by molar-refractivity contribution is -0.116. The lowest BCUT2D eigenvalue weighted by Crippen LogP contribution is -2.36. The number of rotatable bonds is 4. The van der Waals surface area contributed by atoms with Gasteiger partial charge in [0.05, 0.1) is 5.75 Å². The number of carbonyl (C=O) groups is 1. The number of benzene rings is 2. The molecule has 1 aliphatic heterocycles. The second kappa shape index (κ2) is 7.44. The van der Waals surface area contributed by atoms with E-state index in [1.165, 1.54) is 17.3 Å². The van der Waals surface area contributed by atoms with Gasteiger partial charge in [0.15, 0.2) is 11.0 Å². The van der Waals surface area contributed by atoms with Crippen molar-refractivity contribution in [3.63, 3.8) is 0 Å². The summed E-state index contributed by atoms with van der Waals surface area (Å²) in [6.07, 6.45) is 2.02. The molecule has 2 heterocycles. The van der Waals surface area contributed by atoms with Crippen LogP contribution in [-0.4, -0.2) is 33.0 Å². The van der Waals surface area contributed by atoms with Gasteiger partial charge in [-0.05, 0) is 36.6 Å². The zero-order chi connectivity index (χ0) is 18.8. The summed E-state index contributed by atoms with van der Waals surface area (Å²) in [4.78, 5) is 14.7. The summed E-state index contributed by atoms with van der Waals surface area (Å²) in [6, 6.07) is 15.7. The highest BCUT2D eigenvalue weighted by Crippen LogP contribution is 2.29. The van der Waals surface area contributed by atoms with Crippen molar-refractivity contribution in [2.45, 2.75) is 18.0 Å². The van der Waals surface area contributed by atoms with Crippen LogP contribution >= 0.6 is 11.8 Å². The molecule has 6 nitrogen and oxygen atoms in total. The van der Waals surface area contributed by atoms with Gasteiger partial charge in [-0.2, -0.15) is 0 Å². The molecule has 0 fully saturated rings. The fourth-order valence-corrected chi connectivity index (χ4v) is 4.16. The van der Waals surface area contributed by atoms with Gasteiger partial charge >= 0.3 is 0 Å². The molecule has 1 aromatic heterocycles. The maximum atomic E-state index is 12.8. The van der Waals surface area contributed by atoms with E-state index in [2.05, 4.69) is 16.3 Å². The largest absolute Gasteiger partial charge is 0.398 e. The number of nitrogens with two attached hydrogens (primary N) is 1. The van der Waals surface area contributed by atoms with Crippen LogP contribution < -0.4 is 10.6 Å². The van der Waals surface area contributed by atoms with Gasteiger partial charge in [-0.25, -0.2) is 0 Å². The number of aromatic nitrogens is 3. The summed E-state index contributed by atoms with van der Waals surface area (Å²) < 4.78 is 1.88. The Labute approximate surface area is 162 Å². The van der Waals surface area contributed by atoms with Crippen molar-refractivity contribution >= 4 is 29.0 Å². The molecule has 0 spiro atoms. The third kappa shape index (κ3) is 3.42. The van der Waals surface area contributed by atoms with Crippen molar-refractivity contribution in [3.8, 4) is 11.4 Å². The smallest absolute Gasteiger partial charge is 0.237 e. The highest BCUT2D eigenvalue weighted by Gasteiger charge is 2.23. The van der Waals surface area contributed by atoms with Crippen molar-refractivity contribution in [3.05, 3.63) is 54.1 Å². The number of carbonyl (C=O) groups excluding carboxylic acids is 1. The number of hydrogen-bond acceptors (Lipinski definition) is 5. The van der Waals surface area contributed by atoms with Crippen molar-refractivity contribution in [1.29, 1.82) is 0 Å². The molecule has 0 aliphatic carbocycles. The van der Waals surface area contributed by atoms with Gasteiger partial charge in [0.2, 0.25) is 5.91 Å². The summed E-state index contributed by atoms with van der Waals surface area (Å²) >= 11 is 1.40. The van der Waals surface area contributed by atoms with Gasteiger partial charge in [0.1, 0.15) is 0 Å². The number of amides is 1. The number of anilines is 2. The van der Waals surface area contributed by atoms with E-state index in [0.717, 1.165) is 30.6 Å². The first-order valence-electron chi connectivity index (χ1n) is 8.90. The Morgan fingerprint density at radius 3 is 2.78 bits per heavy atom. The number of nitrogens with zero attached hydrogens (tertiary/aromatic N) is 4. The summed E-state index contributed by atoms with van der Waals surface area (Å²) in [5.41, 5.74) is 9.82. The highest BCUT2D eigenvalue weighted by molar-refractivity contribution is 7.99. The SMILES string of the molecule is Cn1c(SCC(=O)N2CCCc3ccccc32)nnc1-c1ccccc1N. The molecule has 0 saturated carbocycles. The number of thioether (sulfide) groups is 1. The van der Waals surface area contributed by atoms with Gasteiger partial charge in [0.25, 0.3) is 0 Å². The molecular weight excluding hydrogens is 358 g/mol. The van der Waals surface area contributed by atoms with E-state index in [1.54, 1.807) is 0 Å². The van der Waals surface area contributed by atoms with Crippen LogP contribution in [0.15, 0.2) is 53.7 Å². The average molecular weight is 379 g/mol. The maximum Gasteiger partial charge on any atom is 0.237 e. The van der Waals surface area contributed by atoms with Crippen LogP contribution in [-0.2, 0) is 18.3 Å². The Morgan fingerprint density at radius 1 is 1.15 bits per heavy atom. The van der Waals surface area contributed by atoms with E-state index in [4.69, 9.17) is 5.73 Å². The minimum Gasteiger partial charge on any atom is -0.398 e. The van der Waals surface area contributed by atoms with Crippen LogP contribution in [0.5, 0.6) is 0 Å². The third-order valence-electron chi connectivity index (χ3n) is 4.77. The lowest BCUT2D eigenvalue weighted by Gasteiger charge is -2.29. The predicted octanol–water partition coefficient (Wildman–Crippen LogP) is 3.14. The van der Waals surface area contributed by atoms with E-state index >= 15 is 0 Å². The molecule has 1 aliphatic rings. The quantitative estimate of drug-likeness (QED) is 0.557. The standard InChI is InChI=1S/C20H21N5OS/c1-24-19(15-9-3-4-10-16(15)21)22-23-20(24)27-13-18(26)25-12-6-8-14-7-2-5-11-17(14)25/h2-5,7,9-11H,6,8,12-13,21H2,1H3. The van der Waals surface area contributed by atoms with Gasteiger partial charge in [-0.3, -0.25) is 4.79 Å². The summed E-state index contributed by atoms with van der Waals surface area (Å²) in [6.45, 7) is 0.765. The third-order valence-corrected chi connectivity index (χ3v) is 5.78. The molecule has 2 aromatic carbocycles. The Morgan fingerprint density at radius 2 is 1.93 bits per heavy atom. The van der Waals surface area contributed by atoms with Gasteiger partial charge in [-0.1, -0.05) is 42.1 Å². The number of fused-ring (bicyclic) bond motifs is 1. The fourth-order valence-electron chi connectivity index (χ4n) is 3.37. The molecule has 2 N–H and O–H groups in total. The van der Waals surface area contributed by atoms with E-state index in [1.807, 2.05) is 59.0 Å². The van der Waals surface area contributed by atoms with E-state index in [9.17, 15) is 4.79 Å². The van der Waals surface area contributed by atoms with E-state index in [0.29, 0.717) is 22.4 Å². The fraction of sp³-hybridized carbons (Fsp3) is 0.250. The van der Waals surface area contributed by atoms with Gasteiger partial charge in [0, 0.05) is 30.5 Å². The maximum absolute atomic E-state index is 12.8. The van der Waals surface area contributed by atoms with E-state index in [-0.39, 0.29) is 5.91 Å². The second-order valence-corrected chi connectivity index (χ2v) is 7.46. The first kappa shape index (κ1) is 17.6. The van der Waals surface area contributed by atoms with Crippen LogP contribution in [0, 0.1) is 0 Å². The van der Waals surface area contributed by atoms with Crippen molar-refractivity contribution in [1.82, 2.24) is 14.8 Å². The van der Waals surface area contributed by atoms with Gasteiger partial charge < -0.3 is 15.2 Å². The molecule has 7 heteroatoms. The molecular formula is C20H21N5OS. The molecule has 1 amide bonds. The Balaban J connectivity index is 1.49. The first-order chi connectivity index (χ1) is 13.1. The Hall–Kier alpha value is -2.80. The molecule has 0 saturated heterocycles. The summed E-state index contributed by atoms with van der Waals surface area (Å²) in [7, 11) is 1.89. The zero-order valence-corrected chi connectivity index (χ0v) is 15.9. The minimum atomic E-state index is 0.0934. The number of nitrogen functional groups attached to an aromatic ring is 1. The normalized spacial score (nSPS) is 13.4. The van der Waals surface area contributed by atoms with Gasteiger partial charge in [-0.15, -0.1) is 10.2 Å². The number of para-hydroxylation sites is 2. The van der Waals surface area contributed by atoms with Crippen LogP contribution in [0.2, 0.25) is 0 Å². The van der Waals surface area contributed by atoms with Crippen molar-refractivity contribution in [2.75, 3.05) is 22.9 Å². The first-order valence-corrected chi connectivity index (χ1v) is 9.89. The number of hydrogen-bond donors (Lipinski definition) is 1. The molecule has 4 rings (SSSR count). The Kier molecular flexibility index (Phi) is 4.85. The predicted molar refractivity (Wildman–Crippen MR) is 109 cm³/mol. The molecule has 0 atom stereocenters. The number of aryl methyl sites for hydroxylation is 1. The lowest BCUT2D eigenvalue weighted by atomic mass is 10.0. The minimum absolute atomic E-state index is 0.0934. The topological polar surface area (TPSA) is 77.0 Å². The molecule has 3 aromatic rings.